The van der Waals surface area contributed by atoms with Crippen molar-refractivity contribution in [3.8, 4) is 0 Å². The number of aliphatic hydroxyl groups excluding tert-OH is 1. The molecule has 1 atom stereocenters. The summed E-state index contributed by atoms with van der Waals surface area (Å²) in [5.41, 5.74) is -1.81. The van der Waals surface area contributed by atoms with E-state index < -0.39 is 50.2 Å². The van der Waals surface area contributed by atoms with Crippen LogP contribution in [0.5, 0.6) is 0 Å². The Hall–Kier alpha value is -2.54. The maximum atomic E-state index is 15.2. The molecule has 12 heteroatoms. The van der Waals surface area contributed by atoms with Crippen LogP contribution in [0.2, 0.25) is 0 Å². The number of hydrogen-bond acceptors (Lipinski definition) is 5. The predicted octanol–water partition coefficient (Wildman–Crippen LogP) is 2.62. The van der Waals surface area contributed by atoms with Crippen LogP contribution in [0, 0.1) is 11.6 Å². The lowest BCUT2D eigenvalue weighted by Gasteiger charge is -2.33. The van der Waals surface area contributed by atoms with Crippen molar-refractivity contribution in [1.29, 1.82) is 0 Å². The van der Waals surface area contributed by atoms with Crippen LogP contribution in [0.1, 0.15) is 58.3 Å². The topological polar surface area (TPSA) is 127 Å². The summed E-state index contributed by atoms with van der Waals surface area (Å²) in [5, 5.41) is 19.6. The zero-order valence-electron chi connectivity index (χ0n) is 20.2. The van der Waals surface area contributed by atoms with E-state index in [2.05, 4.69) is 14.7 Å². The largest absolute Gasteiger partial charge is 0.439 e. The molecule has 35 heavy (non-hydrogen) atoms. The standard InChI is InChI=1S/C23H29BF2N3O5S/c1-6-9-35(32,33)29-17-8-7-16(25)18(19(17)26)20(30)15-12-28-21-14(15)10-13(11-27-21)24-34-23(4,5)22(2,3)31/h7-8,10-12,20,29-31H,6,9H2,1-5H3,(H,27,28)/p+1. The fraction of sp³-hybridized carbons (Fsp3) is 0.435. The van der Waals surface area contributed by atoms with E-state index in [9.17, 15) is 17.9 Å². The summed E-state index contributed by atoms with van der Waals surface area (Å²) in [6.07, 6.45) is 1.47. The molecule has 1 unspecified atom stereocenters. The van der Waals surface area contributed by atoms with E-state index in [-0.39, 0.29) is 11.3 Å². The molecule has 0 aliphatic carbocycles. The fourth-order valence-electron chi connectivity index (χ4n) is 3.23. The average molecular weight is 509 g/mol. The van der Waals surface area contributed by atoms with Gasteiger partial charge in [-0.1, -0.05) is 13.0 Å². The summed E-state index contributed by atoms with van der Waals surface area (Å²) in [6, 6.07) is 3.51. The van der Waals surface area contributed by atoms with Gasteiger partial charge in [0, 0.05) is 37.2 Å². The molecule has 3 aromatic rings. The number of pyridine rings is 1. The number of rotatable bonds is 10. The molecule has 0 spiro atoms. The molecular weight excluding hydrogens is 479 g/mol. The quantitative estimate of drug-likeness (QED) is 0.286. The number of hydrogen-bond donors (Lipinski definition) is 3. The Balaban J connectivity index is 1.96. The Kier molecular flexibility index (Phi) is 7.61. The highest BCUT2D eigenvalue weighted by molar-refractivity contribution is 7.92. The van der Waals surface area contributed by atoms with E-state index in [1.165, 1.54) is 19.9 Å². The van der Waals surface area contributed by atoms with Crippen LogP contribution < -0.4 is 10.2 Å². The lowest BCUT2D eigenvalue weighted by molar-refractivity contribution is -0.0893. The molecule has 3 rings (SSSR count). The molecule has 0 saturated heterocycles. The first-order chi connectivity index (χ1) is 16.2. The summed E-state index contributed by atoms with van der Waals surface area (Å²) in [6.45, 7) is 8.67. The van der Waals surface area contributed by atoms with Crippen molar-refractivity contribution in [3.05, 3.63) is 53.4 Å². The molecule has 0 amide bonds. The minimum Gasteiger partial charge on any atom is -0.439 e. The third-order valence-electron chi connectivity index (χ3n) is 6.01. The monoisotopic (exact) mass is 509 g/mol. The van der Waals surface area contributed by atoms with Gasteiger partial charge < -0.3 is 19.9 Å². The zero-order chi connectivity index (χ0) is 26.2. The van der Waals surface area contributed by atoms with Gasteiger partial charge in [-0.3, -0.25) is 4.72 Å². The second-order valence-corrected chi connectivity index (χ2v) is 11.3. The van der Waals surface area contributed by atoms with Crippen LogP contribution in [0.4, 0.5) is 14.5 Å². The predicted molar refractivity (Wildman–Crippen MR) is 132 cm³/mol. The highest BCUT2D eigenvalue weighted by atomic mass is 32.2. The smallest absolute Gasteiger partial charge is 0.332 e. The van der Waals surface area contributed by atoms with Crippen molar-refractivity contribution in [2.24, 2.45) is 0 Å². The van der Waals surface area contributed by atoms with Crippen molar-refractivity contribution in [2.75, 3.05) is 10.5 Å². The van der Waals surface area contributed by atoms with Crippen molar-refractivity contribution >= 4 is 39.7 Å². The molecule has 2 heterocycles. The highest BCUT2D eigenvalue weighted by Crippen LogP contribution is 2.34. The maximum Gasteiger partial charge on any atom is 0.332 e. The zero-order valence-corrected chi connectivity index (χ0v) is 21.1. The van der Waals surface area contributed by atoms with Crippen molar-refractivity contribution in [2.45, 2.75) is 58.3 Å². The van der Waals surface area contributed by atoms with Crippen LogP contribution in [-0.4, -0.2) is 53.0 Å². The third-order valence-corrected chi connectivity index (χ3v) is 7.49. The first kappa shape index (κ1) is 27.1. The number of anilines is 1. The Morgan fingerprint density at radius 2 is 1.97 bits per heavy atom. The molecule has 0 bridgehead atoms. The summed E-state index contributed by atoms with van der Waals surface area (Å²) in [7, 11) is -2.39. The Morgan fingerprint density at radius 1 is 1.29 bits per heavy atom. The van der Waals surface area contributed by atoms with Gasteiger partial charge in [0.1, 0.15) is 23.2 Å². The number of aromatic amines is 1. The van der Waals surface area contributed by atoms with Gasteiger partial charge in [-0.05, 0) is 37.9 Å². The first-order valence-corrected chi connectivity index (χ1v) is 12.7. The van der Waals surface area contributed by atoms with Crippen LogP contribution in [-0.2, 0) is 14.7 Å². The number of nitrogens with one attached hydrogen (secondary N) is 2. The van der Waals surface area contributed by atoms with Crippen LogP contribution in [0.3, 0.4) is 0 Å². The number of sulfonamides is 1. The molecule has 0 saturated carbocycles. The van der Waals surface area contributed by atoms with Crippen molar-refractivity contribution in [1.82, 2.24) is 9.97 Å². The van der Waals surface area contributed by atoms with E-state index in [4.69, 9.17) is 9.76 Å². The molecule has 0 fully saturated rings. The normalized spacial score (nSPS) is 13.7. The van der Waals surface area contributed by atoms with E-state index >= 15 is 4.39 Å². The summed E-state index contributed by atoms with van der Waals surface area (Å²) >= 11 is 0. The molecule has 8 nitrogen and oxygen atoms in total. The van der Waals surface area contributed by atoms with Gasteiger partial charge in [0.25, 0.3) is 0 Å². The minimum atomic E-state index is -3.83. The van der Waals surface area contributed by atoms with Crippen LogP contribution >= 0.6 is 0 Å². The Labute approximate surface area is 204 Å². The van der Waals surface area contributed by atoms with Gasteiger partial charge in [-0.15, -0.1) is 0 Å². The average Bonchev–Trinajstić information content (AvgIpc) is 3.17. The van der Waals surface area contributed by atoms with Gasteiger partial charge in [0.2, 0.25) is 10.0 Å². The second-order valence-electron chi connectivity index (χ2n) is 9.43. The van der Waals surface area contributed by atoms with E-state index in [0.29, 0.717) is 22.9 Å². The molecule has 2 aromatic heterocycles. The number of aromatic nitrogens is 2. The van der Waals surface area contributed by atoms with E-state index in [1.54, 1.807) is 40.7 Å². The number of aliphatic hydroxyl groups is 1. The van der Waals surface area contributed by atoms with Gasteiger partial charge >= 0.3 is 7.48 Å². The summed E-state index contributed by atoms with van der Waals surface area (Å²) in [5.74, 6) is -2.46. The summed E-state index contributed by atoms with van der Waals surface area (Å²) < 4.78 is 61.9. The molecule has 189 valence electrons. The first-order valence-electron chi connectivity index (χ1n) is 11.1. The Morgan fingerprint density at radius 3 is 2.60 bits per heavy atom. The van der Waals surface area contributed by atoms with Crippen molar-refractivity contribution in [3.63, 3.8) is 0 Å². The fourth-order valence-corrected chi connectivity index (χ4v) is 4.37. The second kappa shape index (κ2) is 9.84. The maximum absolute atomic E-state index is 15.2. The Bertz CT molecular complexity index is 1320. The highest BCUT2D eigenvalue weighted by Gasteiger charge is 2.40. The van der Waals surface area contributed by atoms with Crippen LogP contribution in [0.25, 0.3) is 11.0 Å². The third kappa shape index (κ3) is 5.83. The molecule has 1 aromatic carbocycles. The van der Waals surface area contributed by atoms with Gasteiger partial charge in [-0.25, -0.2) is 22.2 Å². The van der Waals surface area contributed by atoms with E-state index in [0.717, 1.165) is 12.1 Å². The molecule has 0 aliphatic rings. The summed E-state index contributed by atoms with van der Waals surface area (Å²) in [4.78, 5) is 7.13. The molecular formula is C23H30BF2N3O5S+. The van der Waals surface area contributed by atoms with Gasteiger partial charge in [0.15, 0.2) is 11.4 Å². The molecule has 1 radical (unpaired) electrons. The number of halogens is 2. The van der Waals surface area contributed by atoms with Gasteiger partial charge in [-0.2, -0.15) is 0 Å². The molecule has 5 N–H and O–H groups in total. The van der Waals surface area contributed by atoms with Crippen molar-refractivity contribution < 1.29 is 32.1 Å². The lowest BCUT2D eigenvalue weighted by atomic mass is 9.83. The minimum absolute atomic E-state index is 0.147. The number of fused-ring (bicyclic) bond motifs is 1. The number of H-pyrrole nitrogens is 1. The van der Waals surface area contributed by atoms with Crippen LogP contribution in [0.15, 0.2) is 30.6 Å². The SMILES string of the molecule is CCCS(=O)(=O)Nc1ccc(F)c(C(O)c2c[nH]c3ncc([B]OC(C)(C)C(C)(C)[OH2+])cc23)c1F. The lowest BCUT2D eigenvalue weighted by Crippen LogP contribution is -2.49. The van der Waals surface area contributed by atoms with E-state index in [1.807, 2.05) is 0 Å². The number of benzene rings is 1. The number of nitrogens with zero attached hydrogens (tertiary/aromatic N) is 1. The van der Waals surface area contributed by atoms with Gasteiger partial charge in [0.05, 0.1) is 17.0 Å². The molecule has 0 aliphatic heterocycles.